The second-order valence-electron chi connectivity index (χ2n) is 2.64. The Hall–Kier alpha value is -1.92. The van der Waals surface area contributed by atoms with Crippen molar-refractivity contribution >= 4 is 13.0 Å². The third-order valence-electron chi connectivity index (χ3n) is 1.90. The van der Waals surface area contributed by atoms with Crippen LogP contribution in [-0.4, -0.2) is 12.2 Å². The third-order valence-corrected chi connectivity index (χ3v) is 1.90. The molecular weight excluding hydrogens is 177 g/mol. The molecule has 0 aromatic heterocycles. The van der Waals surface area contributed by atoms with Crippen molar-refractivity contribution in [2.45, 2.75) is 0 Å². The van der Waals surface area contributed by atoms with Crippen LogP contribution in [0.15, 0.2) is 12.1 Å². The largest absolute Gasteiger partial charge is 0.864 e. The summed E-state index contributed by atoms with van der Waals surface area (Å²) in [5.41, 5.74) is -0.161. The van der Waals surface area contributed by atoms with Crippen LogP contribution < -0.4 is 14.0 Å². The summed E-state index contributed by atoms with van der Waals surface area (Å²) in [6, 6.07) is 3.09. The van der Waals surface area contributed by atoms with E-state index in [1.165, 1.54) is 6.07 Å². The standard InChI is InChI=1S/C6H2BNO5/c9-8(10)5-3-1-2-4-6(5)13-7(11-3)12-4/h1-2H. The molecule has 64 valence electrons. The lowest BCUT2D eigenvalue weighted by atomic mass is 10.2. The summed E-state index contributed by atoms with van der Waals surface area (Å²) in [6.07, 6.45) is 0. The second-order valence-corrected chi connectivity index (χ2v) is 2.64. The van der Waals surface area contributed by atoms with E-state index in [1.807, 2.05) is 0 Å². The van der Waals surface area contributed by atoms with Crippen LogP contribution in [0.2, 0.25) is 0 Å². The van der Waals surface area contributed by atoms with Crippen LogP contribution in [0.5, 0.6) is 17.2 Å². The summed E-state index contributed by atoms with van der Waals surface area (Å²) in [7, 11) is -0.848. The smallest absolute Gasteiger partial charge is 0.486 e. The molecule has 0 radical (unpaired) electrons. The highest BCUT2D eigenvalue weighted by atomic mass is 16.8. The van der Waals surface area contributed by atoms with Crippen LogP contribution in [0.25, 0.3) is 0 Å². The Bertz CT molecular complexity index is 418. The molecule has 1 aromatic rings. The molecule has 2 aliphatic rings. The quantitative estimate of drug-likeness (QED) is 0.361. The van der Waals surface area contributed by atoms with Crippen LogP contribution in [-0.2, 0) is 0 Å². The number of nitro groups is 1. The first-order chi connectivity index (χ1) is 6.25. The van der Waals surface area contributed by atoms with Crippen molar-refractivity contribution < 1.29 is 18.9 Å². The first-order valence-electron chi connectivity index (χ1n) is 3.57. The number of fused-ring (bicyclic) bond motifs is 2. The lowest BCUT2D eigenvalue weighted by Crippen LogP contribution is -2.33. The van der Waals surface area contributed by atoms with Gasteiger partial charge in [0.2, 0.25) is 5.75 Å². The number of nitrogens with zero attached hydrogens (tertiary/aromatic N) is 1. The number of rotatable bonds is 1. The maximum absolute atomic E-state index is 10.6. The van der Waals surface area contributed by atoms with Gasteiger partial charge in [0.25, 0.3) is 0 Å². The fourth-order valence-electron chi connectivity index (χ4n) is 1.38. The van der Waals surface area contributed by atoms with Crippen LogP contribution in [0, 0.1) is 10.1 Å². The van der Waals surface area contributed by atoms with Crippen LogP contribution in [0.3, 0.4) is 0 Å². The Balaban J connectivity index is 2.34. The average Bonchev–Trinajstić information content (AvgIpc) is 2.27. The van der Waals surface area contributed by atoms with Gasteiger partial charge in [-0.3, -0.25) is 10.1 Å². The Labute approximate surface area is 72.3 Å². The van der Waals surface area contributed by atoms with Gasteiger partial charge in [-0.05, 0) is 12.1 Å². The SMILES string of the molecule is O=[N+]([O-])c1c2ccc3c1OB(O3)O2. The molecule has 0 atom stereocenters. The minimum atomic E-state index is -0.848. The lowest BCUT2D eigenvalue weighted by Gasteiger charge is -2.10. The zero-order valence-corrected chi connectivity index (χ0v) is 6.22. The third kappa shape index (κ3) is 0.682. The molecule has 1 aromatic carbocycles. The fourth-order valence-corrected chi connectivity index (χ4v) is 1.38. The Morgan fingerprint density at radius 3 is 2.69 bits per heavy atom. The van der Waals surface area contributed by atoms with Crippen molar-refractivity contribution in [3.8, 4) is 17.2 Å². The maximum Gasteiger partial charge on any atom is 0.864 e. The van der Waals surface area contributed by atoms with E-state index < -0.39 is 12.2 Å². The highest BCUT2D eigenvalue weighted by Gasteiger charge is 2.49. The van der Waals surface area contributed by atoms with Crippen LogP contribution in [0.1, 0.15) is 0 Å². The van der Waals surface area contributed by atoms with Gasteiger partial charge in [-0.2, -0.15) is 0 Å². The van der Waals surface area contributed by atoms with E-state index >= 15 is 0 Å². The van der Waals surface area contributed by atoms with E-state index in [-0.39, 0.29) is 17.2 Å². The van der Waals surface area contributed by atoms with Crippen molar-refractivity contribution in [1.29, 1.82) is 0 Å². The Kier molecular flexibility index (Phi) is 0.948. The zero-order valence-electron chi connectivity index (χ0n) is 6.22. The molecule has 0 unspecified atom stereocenters. The average molecular weight is 179 g/mol. The summed E-state index contributed by atoms with van der Waals surface area (Å²) in [5, 5.41) is 10.6. The van der Waals surface area contributed by atoms with Gasteiger partial charge in [0.05, 0.1) is 4.92 Å². The molecule has 0 aliphatic carbocycles. The summed E-state index contributed by atoms with van der Waals surface area (Å²) in [4.78, 5) is 10.1. The van der Waals surface area contributed by atoms with Gasteiger partial charge in [0, 0.05) is 0 Å². The molecule has 0 amide bonds. The van der Waals surface area contributed by atoms with Crippen molar-refractivity contribution in [3.63, 3.8) is 0 Å². The lowest BCUT2D eigenvalue weighted by molar-refractivity contribution is -0.386. The van der Waals surface area contributed by atoms with Gasteiger partial charge in [-0.25, -0.2) is 0 Å². The molecular formula is C6H2BNO5. The van der Waals surface area contributed by atoms with Gasteiger partial charge < -0.3 is 14.0 Å². The molecule has 3 bridgehead atoms. The minimum Gasteiger partial charge on any atom is -0.486 e. The molecule has 2 heterocycles. The van der Waals surface area contributed by atoms with E-state index in [0.717, 1.165) is 0 Å². The normalized spacial score (nSPS) is 14.9. The second kappa shape index (κ2) is 1.87. The monoisotopic (exact) mass is 179 g/mol. The molecule has 2 aliphatic heterocycles. The zero-order chi connectivity index (χ0) is 9.00. The highest BCUT2D eigenvalue weighted by Crippen LogP contribution is 2.50. The van der Waals surface area contributed by atoms with Crippen molar-refractivity contribution in [2.24, 2.45) is 0 Å². The predicted octanol–water partition coefficient (Wildman–Crippen LogP) is 0.743. The van der Waals surface area contributed by atoms with Crippen LogP contribution >= 0.6 is 0 Å². The van der Waals surface area contributed by atoms with Gasteiger partial charge >= 0.3 is 13.0 Å². The summed E-state index contributed by atoms with van der Waals surface area (Å²) >= 11 is 0. The first-order valence-corrected chi connectivity index (χ1v) is 3.57. The van der Waals surface area contributed by atoms with Crippen molar-refractivity contribution in [2.75, 3.05) is 0 Å². The molecule has 13 heavy (non-hydrogen) atoms. The summed E-state index contributed by atoms with van der Waals surface area (Å²) in [5.74, 6) is 0.717. The molecule has 0 spiro atoms. The number of hydrogen-bond donors (Lipinski definition) is 0. The Morgan fingerprint density at radius 2 is 1.92 bits per heavy atom. The van der Waals surface area contributed by atoms with Crippen molar-refractivity contribution in [3.05, 3.63) is 22.2 Å². The van der Waals surface area contributed by atoms with E-state index in [1.54, 1.807) is 6.07 Å². The van der Waals surface area contributed by atoms with Gasteiger partial charge in [0.1, 0.15) is 0 Å². The number of nitro benzene ring substituents is 1. The molecule has 0 N–H and O–H groups in total. The predicted molar refractivity (Wildman–Crippen MR) is 40.7 cm³/mol. The number of hydrogen-bond acceptors (Lipinski definition) is 5. The van der Waals surface area contributed by atoms with E-state index in [0.29, 0.717) is 5.75 Å². The van der Waals surface area contributed by atoms with Crippen molar-refractivity contribution in [1.82, 2.24) is 0 Å². The Morgan fingerprint density at radius 1 is 1.23 bits per heavy atom. The van der Waals surface area contributed by atoms with Gasteiger partial charge in [0.15, 0.2) is 11.5 Å². The topological polar surface area (TPSA) is 70.8 Å². The summed E-state index contributed by atoms with van der Waals surface area (Å²) in [6.45, 7) is 0. The molecule has 0 saturated carbocycles. The molecule has 0 saturated heterocycles. The first kappa shape index (κ1) is 6.58. The minimum absolute atomic E-state index is 0.161. The molecule has 0 fully saturated rings. The molecule has 7 heteroatoms. The highest BCUT2D eigenvalue weighted by molar-refractivity contribution is 6.42. The number of benzene rings is 1. The summed E-state index contributed by atoms with van der Waals surface area (Å²) < 4.78 is 15.1. The van der Waals surface area contributed by atoms with Crippen LogP contribution in [0.4, 0.5) is 5.69 Å². The molecule has 3 rings (SSSR count). The van der Waals surface area contributed by atoms with E-state index in [4.69, 9.17) is 14.0 Å². The fraction of sp³-hybridized carbons (Fsp3) is 0. The molecule has 6 nitrogen and oxygen atoms in total. The van der Waals surface area contributed by atoms with E-state index in [2.05, 4.69) is 0 Å². The van der Waals surface area contributed by atoms with Gasteiger partial charge in [-0.1, -0.05) is 0 Å². The maximum atomic E-state index is 10.6. The van der Waals surface area contributed by atoms with E-state index in [9.17, 15) is 10.1 Å². The van der Waals surface area contributed by atoms with Gasteiger partial charge in [-0.15, -0.1) is 0 Å².